The van der Waals surface area contributed by atoms with Gasteiger partial charge in [0, 0.05) is 20.3 Å². The molecule has 1 aromatic rings. The Morgan fingerprint density at radius 3 is 2.33 bits per heavy atom. The summed E-state index contributed by atoms with van der Waals surface area (Å²) in [5.41, 5.74) is -1.34. The lowest BCUT2D eigenvalue weighted by atomic mass is 10.0. The van der Waals surface area contributed by atoms with Crippen molar-refractivity contribution >= 4 is 11.8 Å². The summed E-state index contributed by atoms with van der Waals surface area (Å²) in [6, 6.07) is 0.381. The Labute approximate surface area is 137 Å². The van der Waals surface area contributed by atoms with Crippen LogP contribution in [-0.2, 0) is 9.53 Å². The van der Waals surface area contributed by atoms with Crippen molar-refractivity contribution in [3.63, 3.8) is 0 Å². The molecule has 0 aliphatic heterocycles. The van der Waals surface area contributed by atoms with Gasteiger partial charge in [-0.15, -0.1) is 0 Å². The highest BCUT2D eigenvalue weighted by Gasteiger charge is 2.29. The average Bonchev–Trinajstić information content (AvgIpc) is 2.53. The first-order chi connectivity index (χ1) is 11.2. The van der Waals surface area contributed by atoms with Crippen LogP contribution in [0.2, 0.25) is 0 Å². The molecule has 0 saturated carbocycles. The lowest BCUT2D eigenvalue weighted by Crippen LogP contribution is -2.21. The van der Waals surface area contributed by atoms with E-state index in [1.165, 1.54) is 19.0 Å². The molecule has 0 bridgehead atoms. The molecule has 5 nitrogen and oxygen atoms in total. The van der Waals surface area contributed by atoms with Gasteiger partial charge in [0.25, 0.3) is 0 Å². The first-order valence-electron chi connectivity index (χ1n) is 7.06. The summed E-state index contributed by atoms with van der Waals surface area (Å²) in [5.74, 6) is -7.59. The van der Waals surface area contributed by atoms with Crippen LogP contribution in [0.1, 0.15) is 23.7 Å². The van der Waals surface area contributed by atoms with Gasteiger partial charge in [0.1, 0.15) is 5.57 Å². The number of benzene rings is 1. The largest absolute Gasteiger partial charge is 0.491 e. The predicted molar refractivity (Wildman–Crippen MR) is 80.2 cm³/mol. The van der Waals surface area contributed by atoms with Crippen LogP contribution >= 0.6 is 0 Å². The number of nitrogens with zero attached hydrogens (tertiary/aromatic N) is 1. The van der Waals surface area contributed by atoms with E-state index in [0.717, 1.165) is 13.3 Å². The molecule has 0 radical (unpaired) electrons. The molecule has 8 heteroatoms. The van der Waals surface area contributed by atoms with Gasteiger partial charge in [-0.2, -0.15) is 4.39 Å². The van der Waals surface area contributed by atoms with Crippen LogP contribution in [0.4, 0.5) is 13.2 Å². The van der Waals surface area contributed by atoms with E-state index in [9.17, 15) is 22.8 Å². The van der Waals surface area contributed by atoms with Crippen LogP contribution in [-0.4, -0.2) is 44.5 Å². The molecule has 0 heterocycles. The Hall–Kier alpha value is -2.51. The van der Waals surface area contributed by atoms with Crippen LogP contribution in [0, 0.1) is 17.5 Å². The molecule has 0 aromatic heterocycles. The van der Waals surface area contributed by atoms with Gasteiger partial charge in [-0.05, 0) is 12.5 Å². The smallest absolute Gasteiger partial charge is 0.343 e. The van der Waals surface area contributed by atoms with Crippen LogP contribution in [0.3, 0.4) is 0 Å². The minimum Gasteiger partial charge on any atom is -0.491 e. The molecule has 132 valence electrons. The summed E-state index contributed by atoms with van der Waals surface area (Å²) in [4.78, 5) is 25.8. The van der Waals surface area contributed by atoms with Gasteiger partial charge in [-0.3, -0.25) is 4.79 Å². The van der Waals surface area contributed by atoms with Crippen molar-refractivity contribution in [2.24, 2.45) is 0 Å². The van der Waals surface area contributed by atoms with E-state index in [1.54, 1.807) is 6.92 Å². The van der Waals surface area contributed by atoms with Crippen molar-refractivity contribution in [2.45, 2.75) is 13.3 Å². The average molecular weight is 345 g/mol. The number of rotatable bonds is 7. The van der Waals surface area contributed by atoms with E-state index < -0.39 is 46.1 Å². The van der Waals surface area contributed by atoms with Crippen molar-refractivity contribution in [1.29, 1.82) is 0 Å². The number of ether oxygens (including phenoxy) is 2. The Kier molecular flexibility index (Phi) is 6.82. The first-order valence-corrected chi connectivity index (χ1v) is 7.06. The van der Waals surface area contributed by atoms with Crippen LogP contribution in [0.5, 0.6) is 5.75 Å². The van der Waals surface area contributed by atoms with Gasteiger partial charge in [0.2, 0.25) is 11.6 Å². The van der Waals surface area contributed by atoms with Crippen LogP contribution in [0.25, 0.3) is 0 Å². The number of ketones is 1. The van der Waals surface area contributed by atoms with Crippen molar-refractivity contribution in [2.75, 3.05) is 27.8 Å². The highest BCUT2D eigenvalue weighted by Crippen LogP contribution is 2.28. The third-order valence-electron chi connectivity index (χ3n) is 2.85. The molecule has 0 aliphatic carbocycles. The summed E-state index contributed by atoms with van der Waals surface area (Å²) in [6.07, 6.45) is 1.63. The van der Waals surface area contributed by atoms with E-state index in [0.29, 0.717) is 12.5 Å². The molecule has 0 unspecified atom stereocenters. The number of hydrogen-bond donors (Lipinski definition) is 0. The maximum atomic E-state index is 14.2. The number of halogens is 3. The number of methoxy groups -OCH3 is 1. The maximum absolute atomic E-state index is 14.2. The number of hydrogen-bond acceptors (Lipinski definition) is 5. The Balaban J connectivity index is 3.40. The summed E-state index contributed by atoms with van der Waals surface area (Å²) in [7, 11) is 3.99. The second-order valence-electron chi connectivity index (χ2n) is 5.04. The molecule has 0 saturated heterocycles. The van der Waals surface area contributed by atoms with Gasteiger partial charge in [-0.25, -0.2) is 13.6 Å². The molecule has 1 rings (SSSR count). The summed E-state index contributed by atoms with van der Waals surface area (Å²) in [6.45, 7) is 1.81. The second kappa shape index (κ2) is 8.37. The van der Waals surface area contributed by atoms with Crippen molar-refractivity contribution in [3.05, 3.63) is 40.9 Å². The molecule has 0 amide bonds. The number of esters is 1. The van der Waals surface area contributed by atoms with Crippen molar-refractivity contribution in [3.8, 4) is 5.75 Å². The monoisotopic (exact) mass is 345 g/mol. The Bertz CT molecular complexity index is 672. The van der Waals surface area contributed by atoms with E-state index >= 15 is 0 Å². The SMILES string of the molecule is CCCOC(=O)C(=CN(C)C)C(=O)c1cc(F)c(F)c(OC)c1F. The summed E-state index contributed by atoms with van der Waals surface area (Å²) < 4.78 is 50.6. The third-order valence-corrected chi connectivity index (χ3v) is 2.85. The molecule has 1 aromatic carbocycles. The first kappa shape index (κ1) is 19.5. The molecule has 0 atom stereocenters. The Morgan fingerprint density at radius 2 is 1.83 bits per heavy atom. The normalized spacial score (nSPS) is 11.2. The third kappa shape index (κ3) is 4.27. The number of carbonyl (C=O) groups is 2. The lowest BCUT2D eigenvalue weighted by molar-refractivity contribution is -0.138. The van der Waals surface area contributed by atoms with Crippen LogP contribution < -0.4 is 4.74 Å². The molecule has 24 heavy (non-hydrogen) atoms. The molecule has 0 N–H and O–H groups in total. The molecule has 0 aliphatic rings. The zero-order valence-electron chi connectivity index (χ0n) is 13.8. The van der Waals surface area contributed by atoms with Crippen molar-refractivity contribution in [1.82, 2.24) is 4.90 Å². The quantitative estimate of drug-likeness (QED) is 0.190. The summed E-state index contributed by atoms with van der Waals surface area (Å²) >= 11 is 0. The van der Waals surface area contributed by atoms with E-state index in [2.05, 4.69) is 4.74 Å². The van der Waals surface area contributed by atoms with Gasteiger partial charge < -0.3 is 14.4 Å². The van der Waals surface area contributed by atoms with E-state index in [-0.39, 0.29) is 6.61 Å². The maximum Gasteiger partial charge on any atom is 0.343 e. The Morgan fingerprint density at radius 1 is 1.21 bits per heavy atom. The van der Waals surface area contributed by atoms with E-state index in [1.807, 2.05) is 0 Å². The fourth-order valence-corrected chi connectivity index (χ4v) is 1.80. The van der Waals surface area contributed by atoms with Gasteiger partial charge >= 0.3 is 5.97 Å². The van der Waals surface area contributed by atoms with E-state index in [4.69, 9.17) is 4.74 Å². The minimum atomic E-state index is -1.56. The zero-order chi connectivity index (χ0) is 18.4. The number of carbonyl (C=O) groups excluding carboxylic acids is 2. The molecule has 0 fully saturated rings. The molecular weight excluding hydrogens is 327 g/mol. The van der Waals surface area contributed by atoms with Crippen LogP contribution in [0.15, 0.2) is 17.8 Å². The molecule has 0 spiro atoms. The highest BCUT2D eigenvalue weighted by atomic mass is 19.2. The van der Waals surface area contributed by atoms with Crippen molar-refractivity contribution < 1.29 is 32.2 Å². The van der Waals surface area contributed by atoms with Gasteiger partial charge in [0.15, 0.2) is 17.4 Å². The zero-order valence-corrected chi connectivity index (χ0v) is 13.8. The highest BCUT2D eigenvalue weighted by molar-refractivity contribution is 6.24. The summed E-state index contributed by atoms with van der Waals surface area (Å²) in [5, 5.41) is 0. The molecular formula is C16H18F3NO4. The van der Waals surface area contributed by atoms with Gasteiger partial charge in [0.05, 0.1) is 19.3 Å². The topological polar surface area (TPSA) is 55.8 Å². The lowest BCUT2D eigenvalue weighted by Gasteiger charge is -2.13. The fraction of sp³-hybridized carbons (Fsp3) is 0.375. The van der Waals surface area contributed by atoms with Gasteiger partial charge in [-0.1, -0.05) is 6.92 Å². The minimum absolute atomic E-state index is 0.0560. The number of Topliss-reactive ketones (excluding diaryl/α,β-unsaturated/α-hetero) is 1. The fourth-order valence-electron chi connectivity index (χ4n) is 1.80. The second-order valence-corrected chi connectivity index (χ2v) is 5.04. The predicted octanol–water partition coefficient (Wildman–Crippen LogP) is 2.69. The standard InChI is InChI=1S/C16H18F3NO4/c1-5-6-24-16(22)10(8-20(2)3)14(21)9-7-11(17)13(19)15(23-4)12(9)18/h7-8H,5-6H2,1-4H3.